The predicted molar refractivity (Wildman–Crippen MR) is 135 cm³/mol. The number of aryl methyl sites for hydroxylation is 2. The van der Waals surface area contributed by atoms with Gasteiger partial charge in [-0.3, -0.25) is 9.67 Å². The Kier molecular flexibility index (Phi) is 11.2. The van der Waals surface area contributed by atoms with E-state index in [1.54, 1.807) is 7.05 Å². The van der Waals surface area contributed by atoms with Gasteiger partial charge in [-0.2, -0.15) is 5.10 Å². The van der Waals surface area contributed by atoms with Gasteiger partial charge in [-0.1, -0.05) is 18.2 Å². The summed E-state index contributed by atoms with van der Waals surface area (Å²) in [6, 6.07) is 8.36. The van der Waals surface area contributed by atoms with E-state index in [2.05, 4.69) is 52.5 Å². The number of hydrogen-bond donors (Lipinski definition) is 2. The van der Waals surface area contributed by atoms with E-state index in [4.69, 9.17) is 4.74 Å². The van der Waals surface area contributed by atoms with Crippen LogP contribution in [0.3, 0.4) is 0 Å². The second-order valence-corrected chi connectivity index (χ2v) is 7.71. The fourth-order valence-corrected chi connectivity index (χ4v) is 3.21. The van der Waals surface area contributed by atoms with Gasteiger partial charge in [-0.05, 0) is 52.9 Å². The third-order valence-corrected chi connectivity index (χ3v) is 4.99. The van der Waals surface area contributed by atoms with Gasteiger partial charge in [0.05, 0.1) is 5.69 Å². The summed E-state index contributed by atoms with van der Waals surface area (Å²) in [5.41, 5.74) is 4.71. The highest BCUT2D eigenvalue weighted by Gasteiger charge is 2.14. The SMILES string of the molecule is CN=C(NCc1ccccc1OCCN(C)C)NC(C)Cc1c(C)nn(C)c1C.I. The molecule has 0 saturated heterocycles. The number of para-hydroxylation sites is 1. The first-order chi connectivity index (χ1) is 13.8. The van der Waals surface area contributed by atoms with E-state index in [0.29, 0.717) is 13.2 Å². The Balaban J connectivity index is 0.00000450. The summed E-state index contributed by atoms with van der Waals surface area (Å²) < 4.78 is 7.89. The van der Waals surface area contributed by atoms with Crippen molar-refractivity contribution >= 4 is 29.9 Å². The summed E-state index contributed by atoms with van der Waals surface area (Å²) in [6.07, 6.45) is 0.899. The average molecular weight is 528 g/mol. The van der Waals surface area contributed by atoms with Gasteiger partial charge in [0.1, 0.15) is 12.4 Å². The molecule has 168 valence electrons. The molecular weight excluding hydrogens is 491 g/mol. The van der Waals surface area contributed by atoms with Gasteiger partial charge in [-0.15, -0.1) is 24.0 Å². The van der Waals surface area contributed by atoms with E-state index >= 15 is 0 Å². The van der Waals surface area contributed by atoms with Crippen LogP contribution in [0.2, 0.25) is 0 Å². The second-order valence-electron chi connectivity index (χ2n) is 7.71. The molecule has 0 aliphatic heterocycles. The van der Waals surface area contributed by atoms with Gasteiger partial charge in [0.2, 0.25) is 0 Å². The van der Waals surface area contributed by atoms with Gasteiger partial charge in [0.15, 0.2) is 5.96 Å². The largest absolute Gasteiger partial charge is 0.492 e. The summed E-state index contributed by atoms with van der Waals surface area (Å²) in [7, 11) is 7.87. The Bertz CT molecular complexity index is 818. The number of rotatable bonds is 9. The van der Waals surface area contributed by atoms with Crippen molar-refractivity contribution in [2.24, 2.45) is 12.0 Å². The Hall–Kier alpha value is -1.81. The van der Waals surface area contributed by atoms with Gasteiger partial charge in [-0.25, -0.2) is 0 Å². The number of ether oxygens (including phenoxy) is 1. The molecule has 0 aliphatic rings. The normalized spacial score (nSPS) is 12.5. The van der Waals surface area contributed by atoms with Crippen LogP contribution in [0.4, 0.5) is 0 Å². The monoisotopic (exact) mass is 528 g/mol. The van der Waals surface area contributed by atoms with Gasteiger partial charge in [0, 0.05) is 44.5 Å². The third kappa shape index (κ3) is 7.79. The van der Waals surface area contributed by atoms with Crippen LogP contribution in [0.1, 0.15) is 29.4 Å². The molecule has 2 aromatic rings. The van der Waals surface area contributed by atoms with E-state index in [9.17, 15) is 0 Å². The number of hydrogen-bond acceptors (Lipinski definition) is 4. The summed E-state index contributed by atoms with van der Waals surface area (Å²) in [5.74, 6) is 1.69. The van der Waals surface area contributed by atoms with Crippen LogP contribution in [-0.2, 0) is 20.0 Å². The number of guanidine groups is 1. The average Bonchev–Trinajstić information content (AvgIpc) is 2.91. The summed E-state index contributed by atoms with van der Waals surface area (Å²) in [5, 5.41) is 11.4. The van der Waals surface area contributed by atoms with Crippen molar-refractivity contribution in [2.75, 3.05) is 34.3 Å². The Morgan fingerprint density at radius 1 is 1.27 bits per heavy atom. The number of aliphatic imine (C=N–C) groups is 1. The highest BCUT2D eigenvalue weighted by atomic mass is 127. The van der Waals surface area contributed by atoms with E-state index < -0.39 is 0 Å². The molecule has 2 N–H and O–H groups in total. The van der Waals surface area contributed by atoms with Crippen molar-refractivity contribution in [1.82, 2.24) is 25.3 Å². The van der Waals surface area contributed by atoms with Crippen LogP contribution >= 0.6 is 24.0 Å². The molecule has 0 saturated carbocycles. The molecule has 8 heteroatoms. The standard InChI is InChI=1S/C22H36N6O.HI/c1-16(14-20-17(2)26-28(7)18(20)3)25-22(23-4)24-15-19-10-8-9-11-21(19)29-13-12-27(5)6;/h8-11,16H,12-15H2,1-7H3,(H2,23,24,25);1H. The number of nitrogens with one attached hydrogen (secondary N) is 2. The first kappa shape index (κ1) is 26.2. The molecule has 0 amide bonds. The van der Waals surface area contributed by atoms with Crippen LogP contribution in [0.25, 0.3) is 0 Å². The Morgan fingerprint density at radius 3 is 2.57 bits per heavy atom. The van der Waals surface area contributed by atoms with Crippen LogP contribution in [0, 0.1) is 13.8 Å². The van der Waals surface area contributed by atoms with Gasteiger partial charge >= 0.3 is 0 Å². The molecule has 0 aliphatic carbocycles. The molecule has 0 bridgehead atoms. The number of aromatic nitrogens is 2. The molecule has 30 heavy (non-hydrogen) atoms. The fraction of sp³-hybridized carbons (Fsp3) is 0.545. The number of benzene rings is 1. The number of likely N-dealkylation sites (N-methyl/N-ethyl adjacent to an activating group) is 1. The van der Waals surface area contributed by atoms with E-state index in [1.165, 1.54) is 11.3 Å². The van der Waals surface area contributed by atoms with Crippen molar-refractivity contribution in [1.29, 1.82) is 0 Å². The Labute approximate surface area is 198 Å². The highest BCUT2D eigenvalue weighted by Crippen LogP contribution is 2.18. The third-order valence-electron chi connectivity index (χ3n) is 4.99. The van der Waals surface area contributed by atoms with Crippen molar-refractivity contribution in [3.8, 4) is 5.75 Å². The number of nitrogens with zero attached hydrogens (tertiary/aromatic N) is 4. The van der Waals surface area contributed by atoms with Crippen LogP contribution in [0.5, 0.6) is 5.75 Å². The lowest BCUT2D eigenvalue weighted by Gasteiger charge is -2.19. The minimum Gasteiger partial charge on any atom is -0.492 e. The topological polar surface area (TPSA) is 66.7 Å². The minimum atomic E-state index is 0. The first-order valence-corrected chi connectivity index (χ1v) is 10.1. The highest BCUT2D eigenvalue weighted by molar-refractivity contribution is 14.0. The van der Waals surface area contributed by atoms with E-state index in [-0.39, 0.29) is 30.0 Å². The summed E-state index contributed by atoms with van der Waals surface area (Å²) in [6.45, 7) is 8.54. The molecule has 1 unspecified atom stereocenters. The van der Waals surface area contributed by atoms with Gasteiger partial charge in [0.25, 0.3) is 0 Å². The quantitative estimate of drug-likeness (QED) is 0.298. The van der Waals surface area contributed by atoms with Crippen molar-refractivity contribution in [2.45, 2.75) is 39.8 Å². The molecule has 0 spiro atoms. The van der Waals surface area contributed by atoms with Gasteiger partial charge < -0.3 is 20.3 Å². The van der Waals surface area contributed by atoms with Crippen LogP contribution < -0.4 is 15.4 Å². The molecule has 1 aromatic heterocycles. The zero-order valence-corrected chi connectivity index (χ0v) is 21.7. The molecule has 1 aromatic carbocycles. The maximum absolute atomic E-state index is 5.95. The van der Waals surface area contributed by atoms with Crippen molar-refractivity contribution in [3.63, 3.8) is 0 Å². The lowest BCUT2D eigenvalue weighted by atomic mass is 10.1. The molecule has 1 atom stereocenters. The molecule has 0 fully saturated rings. The first-order valence-electron chi connectivity index (χ1n) is 10.1. The molecular formula is C22H37IN6O. The second kappa shape index (κ2) is 12.8. The smallest absolute Gasteiger partial charge is 0.191 e. The summed E-state index contributed by atoms with van der Waals surface area (Å²) in [4.78, 5) is 6.49. The van der Waals surface area contributed by atoms with E-state index in [0.717, 1.165) is 35.9 Å². The molecule has 1 heterocycles. The molecule has 0 radical (unpaired) electrons. The fourth-order valence-electron chi connectivity index (χ4n) is 3.21. The summed E-state index contributed by atoms with van der Waals surface area (Å²) >= 11 is 0. The molecule has 2 rings (SSSR count). The van der Waals surface area contributed by atoms with Crippen molar-refractivity contribution < 1.29 is 4.74 Å². The van der Waals surface area contributed by atoms with Crippen LogP contribution in [-0.4, -0.2) is 61.0 Å². The number of halogens is 1. The lowest BCUT2D eigenvalue weighted by molar-refractivity contribution is 0.259. The maximum atomic E-state index is 5.95. The Morgan fingerprint density at radius 2 is 1.97 bits per heavy atom. The van der Waals surface area contributed by atoms with E-state index in [1.807, 2.05) is 44.0 Å². The lowest BCUT2D eigenvalue weighted by Crippen LogP contribution is -2.42. The van der Waals surface area contributed by atoms with Crippen LogP contribution in [0.15, 0.2) is 29.3 Å². The predicted octanol–water partition coefficient (Wildman–Crippen LogP) is 2.89. The molecule has 7 nitrogen and oxygen atoms in total. The van der Waals surface area contributed by atoms with Crippen molar-refractivity contribution in [3.05, 3.63) is 46.8 Å². The zero-order valence-electron chi connectivity index (χ0n) is 19.3. The minimum absolute atomic E-state index is 0. The maximum Gasteiger partial charge on any atom is 0.191 e. The zero-order chi connectivity index (χ0) is 21.4.